The maximum atomic E-state index is 12.8. The fourth-order valence-electron chi connectivity index (χ4n) is 0.741. The van der Waals surface area contributed by atoms with Gasteiger partial charge in [0, 0.05) is 6.07 Å². The highest BCUT2D eigenvalue weighted by Gasteiger charge is 2.18. The van der Waals surface area contributed by atoms with Crippen molar-refractivity contribution in [1.29, 1.82) is 0 Å². The molecule has 1 aromatic rings. The highest BCUT2D eigenvalue weighted by molar-refractivity contribution is 7.86. The van der Waals surface area contributed by atoms with Gasteiger partial charge in [-0.1, -0.05) is 0 Å². The van der Waals surface area contributed by atoms with Gasteiger partial charge in [-0.15, -0.1) is 0 Å². The highest BCUT2D eigenvalue weighted by Crippen LogP contribution is 2.17. The smallest absolute Gasteiger partial charge is 0.264 e. The minimum absolute atomic E-state index is 0.450. The van der Waals surface area contributed by atoms with Gasteiger partial charge in [-0.3, -0.25) is 4.18 Å². The van der Waals surface area contributed by atoms with Crippen LogP contribution in [0.15, 0.2) is 23.1 Å². The number of hydrogen-bond acceptors (Lipinski definition) is 3. The third-order valence-electron chi connectivity index (χ3n) is 1.32. The lowest BCUT2D eigenvalue weighted by atomic mass is 10.3. The quantitative estimate of drug-likeness (QED) is 0.689. The Morgan fingerprint density at radius 2 is 1.92 bits per heavy atom. The number of hydrogen-bond donors (Lipinski definition) is 0. The summed E-state index contributed by atoms with van der Waals surface area (Å²) in [5.74, 6) is -2.07. The molecule has 0 amide bonds. The third kappa shape index (κ3) is 2.02. The molecule has 0 unspecified atom stereocenters. The van der Waals surface area contributed by atoms with E-state index in [-0.39, 0.29) is 0 Å². The molecule has 0 bridgehead atoms. The molecule has 0 N–H and O–H groups in total. The van der Waals surface area contributed by atoms with Crippen LogP contribution in [0, 0.1) is 18.7 Å². The van der Waals surface area contributed by atoms with Crippen LogP contribution in [0.2, 0.25) is 0 Å². The monoisotopic (exact) mass is 207 g/mol. The average molecular weight is 207 g/mol. The highest BCUT2D eigenvalue weighted by atomic mass is 32.2. The number of benzene rings is 1. The van der Waals surface area contributed by atoms with Crippen LogP contribution in [0.4, 0.5) is 8.78 Å². The first-order valence-corrected chi connectivity index (χ1v) is 4.52. The molecule has 3 nitrogen and oxygen atoms in total. The van der Waals surface area contributed by atoms with E-state index in [0.29, 0.717) is 6.07 Å². The normalized spacial score (nSPS) is 11.6. The topological polar surface area (TPSA) is 43.4 Å². The molecule has 1 aromatic carbocycles. The van der Waals surface area contributed by atoms with Crippen molar-refractivity contribution < 1.29 is 21.4 Å². The van der Waals surface area contributed by atoms with E-state index in [4.69, 9.17) is 0 Å². The van der Waals surface area contributed by atoms with Crippen molar-refractivity contribution >= 4 is 10.1 Å². The molecular formula is C7H5F2O3S. The molecule has 0 saturated heterocycles. The van der Waals surface area contributed by atoms with E-state index in [0.717, 1.165) is 12.1 Å². The van der Waals surface area contributed by atoms with Crippen LogP contribution >= 0.6 is 0 Å². The first-order valence-electron chi connectivity index (χ1n) is 3.11. The fraction of sp³-hybridized carbons (Fsp3) is 0. The van der Waals surface area contributed by atoms with Gasteiger partial charge in [0.05, 0.1) is 7.11 Å². The van der Waals surface area contributed by atoms with E-state index >= 15 is 0 Å². The summed E-state index contributed by atoms with van der Waals surface area (Å²) < 4.78 is 50.7. The molecule has 0 aromatic heterocycles. The Morgan fingerprint density at radius 3 is 2.38 bits per heavy atom. The minimum Gasteiger partial charge on any atom is -0.264 e. The summed E-state index contributed by atoms with van der Waals surface area (Å²) in [5.41, 5.74) is 0. The Morgan fingerprint density at radius 1 is 1.31 bits per heavy atom. The van der Waals surface area contributed by atoms with Crippen molar-refractivity contribution in [2.75, 3.05) is 0 Å². The van der Waals surface area contributed by atoms with Gasteiger partial charge >= 0.3 is 0 Å². The van der Waals surface area contributed by atoms with Crippen LogP contribution in [-0.4, -0.2) is 8.42 Å². The first kappa shape index (κ1) is 10.1. The minimum atomic E-state index is -4.20. The summed E-state index contributed by atoms with van der Waals surface area (Å²) in [7, 11) is -1.55. The van der Waals surface area contributed by atoms with E-state index in [1.54, 1.807) is 0 Å². The number of rotatable bonds is 2. The van der Waals surface area contributed by atoms with Crippen LogP contribution in [0.5, 0.6) is 0 Å². The van der Waals surface area contributed by atoms with Crippen LogP contribution in [0.1, 0.15) is 0 Å². The van der Waals surface area contributed by atoms with Crippen LogP contribution < -0.4 is 0 Å². The Kier molecular flexibility index (Phi) is 2.63. The Hall–Kier alpha value is -1.01. The van der Waals surface area contributed by atoms with E-state index < -0.39 is 26.6 Å². The standard InChI is InChI=1S/C7H5F2O3S/c1-12-13(10,11)7-3-2-5(8)4-6(7)9/h2-4H,1H2. The van der Waals surface area contributed by atoms with Gasteiger partial charge in [-0.25, -0.2) is 8.78 Å². The van der Waals surface area contributed by atoms with Crippen molar-refractivity contribution in [2.45, 2.75) is 4.90 Å². The summed E-state index contributed by atoms with van der Waals surface area (Å²) in [4.78, 5) is -0.732. The predicted molar refractivity (Wildman–Crippen MR) is 40.0 cm³/mol. The molecule has 6 heteroatoms. The van der Waals surface area contributed by atoms with Gasteiger partial charge in [0.2, 0.25) is 0 Å². The molecule has 0 aliphatic carbocycles. The molecule has 0 heterocycles. The predicted octanol–water partition coefficient (Wildman–Crippen LogP) is 1.46. The summed E-state index contributed by atoms with van der Waals surface area (Å²) >= 11 is 0. The van der Waals surface area contributed by atoms with E-state index in [9.17, 15) is 17.2 Å². The maximum absolute atomic E-state index is 12.8. The van der Waals surface area contributed by atoms with E-state index in [2.05, 4.69) is 11.3 Å². The molecule has 1 radical (unpaired) electrons. The third-order valence-corrected chi connectivity index (χ3v) is 2.50. The largest absolute Gasteiger partial charge is 0.299 e. The van der Waals surface area contributed by atoms with Gasteiger partial charge in [-0.05, 0) is 12.1 Å². The lowest BCUT2D eigenvalue weighted by Crippen LogP contribution is -2.04. The molecule has 0 saturated carbocycles. The molecule has 0 spiro atoms. The van der Waals surface area contributed by atoms with Gasteiger partial charge < -0.3 is 0 Å². The zero-order valence-corrected chi connectivity index (χ0v) is 7.14. The van der Waals surface area contributed by atoms with Crippen LogP contribution in [0.25, 0.3) is 0 Å². The van der Waals surface area contributed by atoms with Gasteiger partial charge in [0.25, 0.3) is 10.1 Å². The van der Waals surface area contributed by atoms with Crippen LogP contribution in [-0.2, 0) is 14.3 Å². The second-order valence-electron chi connectivity index (χ2n) is 2.15. The van der Waals surface area contributed by atoms with Crippen LogP contribution in [0.3, 0.4) is 0 Å². The molecule has 0 fully saturated rings. The van der Waals surface area contributed by atoms with E-state index in [1.165, 1.54) is 0 Å². The summed E-state index contributed by atoms with van der Waals surface area (Å²) in [6, 6.07) is 2.03. The lowest BCUT2D eigenvalue weighted by molar-refractivity contribution is 0.431. The average Bonchev–Trinajstić information content (AvgIpc) is 2.03. The Balaban J connectivity index is 3.33. The first-order chi connectivity index (χ1) is 5.97. The second-order valence-corrected chi connectivity index (χ2v) is 3.73. The van der Waals surface area contributed by atoms with Gasteiger partial charge in [0.1, 0.15) is 16.5 Å². The van der Waals surface area contributed by atoms with E-state index in [1.807, 2.05) is 0 Å². The van der Waals surface area contributed by atoms with Gasteiger partial charge in [-0.2, -0.15) is 8.42 Å². The molecule has 1 rings (SSSR count). The van der Waals surface area contributed by atoms with Crippen molar-refractivity contribution in [3.05, 3.63) is 36.9 Å². The summed E-state index contributed by atoms with van der Waals surface area (Å²) in [5, 5.41) is 0. The molecule has 13 heavy (non-hydrogen) atoms. The SMILES string of the molecule is [CH2]OS(=O)(=O)c1ccc(F)cc1F. The van der Waals surface area contributed by atoms with Crippen molar-refractivity contribution in [1.82, 2.24) is 0 Å². The Labute approximate surface area is 74.1 Å². The maximum Gasteiger partial charge on any atom is 0.299 e. The summed E-state index contributed by atoms with van der Waals surface area (Å²) in [6.45, 7) is 0. The lowest BCUT2D eigenvalue weighted by Gasteiger charge is -2.01. The zero-order chi connectivity index (χ0) is 10.1. The molecule has 0 aliphatic heterocycles. The second kappa shape index (κ2) is 3.39. The molecule has 71 valence electrons. The molecular weight excluding hydrogens is 202 g/mol. The molecule has 0 atom stereocenters. The Bertz CT molecular complexity index is 414. The van der Waals surface area contributed by atoms with Crippen molar-refractivity contribution in [2.24, 2.45) is 0 Å². The number of halogens is 2. The van der Waals surface area contributed by atoms with Gasteiger partial charge in [0.15, 0.2) is 0 Å². The fourth-order valence-corrected chi connectivity index (χ4v) is 1.40. The van der Waals surface area contributed by atoms with Crippen molar-refractivity contribution in [3.8, 4) is 0 Å². The molecule has 0 aliphatic rings. The summed E-state index contributed by atoms with van der Waals surface area (Å²) in [6.07, 6.45) is 0. The van der Waals surface area contributed by atoms with Crippen molar-refractivity contribution in [3.63, 3.8) is 0 Å². The zero-order valence-electron chi connectivity index (χ0n) is 6.33.